The monoisotopic (exact) mass is 266 g/mol. The summed E-state index contributed by atoms with van der Waals surface area (Å²) in [6.45, 7) is 1.45. The average molecular weight is 266 g/mol. The Bertz CT molecular complexity index is 842. The quantitative estimate of drug-likeness (QED) is 0.726. The normalized spacial score (nSPS) is 10.5. The Hall–Kier alpha value is -2.38. The number of anilines is 1. The number of carbonyl (C=O) groups excluding carboxylic acids is 1. The zero-order chi connectivity index (χ0) is 13.4. The Kier molecular flexibility index (Phi) is 2.69. The Balaban J connectivity index is 2.42. The van der Waals surface area contributed by atoms with Gasteiger partial charge in [0.1, 0.15) is 11.1 Å². The summed E-state index contributed by atoms with van der Waals surface area (Å²) in [7, 11) is 0. The van der Waals surface area contributed by atoms with Gasteiger partial charge in [-0.15, -0.1) is 11.3 Å². The fourth-order valence-electron chi connectivity index (χ4n) is 2.22. The van der Waals surface area contributed by atoms with Crippen molar-refractivity contribution in [1.82, 2.24) is 0 Å². The highest BCUT2D eigenvalue weighted by Gasteiger charge is 2.15. The molecule has 0 atom stereocenters. The molecular weight excluding hydrogens is 256 g/mol. The summed E-state index contributed by atoms with van der Waals surface area (Å²) in [4.78, 5) is 11.2. The van der Waals surface area contributed by atoms with Gasteiger partial charge in [0.2, 0.25) is 5.91 Å². The maximum Gasteiger partial charge on any atom is 0.221 e. The van der Waals surface area contributed by atoms with Gasteiger partial charge < -0.3 is 5.32 Å². The van der Waals surface area contributed by atoms with Crippen LogP contribution in [0, 0.1) is 11.3 Å². The number of nitrogens with one attached hydrogen (secondary N) is 1. The molecular formula is C15H10N2OS. The van der Waals surface area contributed by atoms with Crippen molar-refractivity contribution >= 4 is 43.1 Å². The number of fused-ring (bicyclic) bond motifs is 3. The fraction of sp³-hybridized carbons (Fsp3) is 0.0667. The van der Waals surface area contributed by atoms with E-state index in [1.54, 1.807) is 0 Å². The molecule has 0 unspecified atom stereocenters. The second kappa shape index (κ2) is 4.38. The molecule has 19 heavy (non-hydrogen) atoms. The van der Waals surface area contributed by atoms with Crippen LogP contribution in [0.5, 0.6) is 0 Å². The van der Waals surface area contributed by atoms with Crippen LogP contribution >= 0.6 is 11.3 Å². The summed E-state index contributed by atoms with van der Waals surface area (Å²) in [5.74, 6) is -0.160. The lowest BCUT2D eigenvalue weighted by Crippen LogP contribution is -2.05. The third-order valence-corrected chi connectivity index (χ3v) is 4.05. The summed E-state index contributed by atoms with van der Waals surface area (Å²) < 4.78 is 1.01. The summed E-state index contributed by atoms with van der Waals surface area (Å²) in [5, 5.41) is 15.8. The highest BCUT2D eigenvalue weighted by atomic mass is 32.1. The molecule has 2 aromatic carbocycles. The van der Waals surface area contributed by atoms with Gasteiger partial charge in [0, 0.05) is 17.0 Å². The van der Waals surface area contributed by atoms with Crippen molar-refractivity contribution in [2.75, 3.05) is 5.32 Å². The largest absolute Gasteiger partial charge is 0.317 e. The molecule has 0 aliphatic carbocycles. The summed E-state index contributed by atoms with van der Waals surface area (Å²) in [6.07, 6.45) is 0. The van der Waals surface area contributed by atoms with E-state index in [0.29, 0.717) is 10.6 Å². The van der Waals surface area contributed by atoms with E-state index in [1.807, 2.05) is 36.4 Å². The molecule has 1 heterocycles. The second-order valence-corrected chi connectivity index (χ2v) is 5.31. The number of carbonyl (C=O) groups is 1. The minimum atomic E-state index is -0.160. The van der Waals surface area contributed by atoms with Gasteiger partial charge in [0.15, 0.2) is 0 Å². The van der Waals surface area contributed by atoms with Crippen LogP contribution in [0.3, 0.4) is 0 Å². The van der Waals surface area contributed by atoms with E-state index < -0.39 is 0 Å². The maximum atomic E-state index is 11.2. The lowest BCUT2D eigenvalue weighted by Gasteiger charge is -2.00. The molecule has 4 heteroatoms. The minimum Gasteiger partial charge on any atom is -0.317 e. The number of benzene rings is 2. The summed E-state index contributed by atoms with van der Waals surface area (Å²) in [5.41, 5.74) is 0.548. The smallest absolute Gasteiger partial charge is 0.221 e. The number of nitriles is 1. The molecule has 0 bridgehead atoms. The summed E-state index contributed by atoms with van der Waals surface area (Å²) >= 11 is 1.44. The van der Waals surface area contributed by atoms with Crippen LogP contribution in [0.4, 0.5) is 5.00 Å². The topological polar surface area (TPSA) is 52.9 Å². The second-order valence-electron chi connectivity index (χ2n) is 4.26. The predicted octanol–water partition coefficient (Wildman–Crippen LogP) is 3.88. The minimum absolute atomic E-state index is 0.160. The summed E-state index contributed by atoms with van der Waals surface area (Å²) in [6, 6.07) is 14.2. The molecule has 0 saturated carbocycles. The third kappa shape index (κ3) is 1.85. The lowest BCUT2D eigenvalue weighted by atomic mass is 10.0. The van der Waals surface area contributed by atoms with E-state index >= 15 is 0 Å². The molecule has 3 rings (SSSR count). The van der Waals surface area contributed by atoms with Gasteiger partial charge in [-0.1, -0.05) is 30.3 Å². The molecule has 0 radical (unpaired) electrons. The van der Waals surface area contributed by atoms with Gasteiger partial charge in [-0.3, -0.25) is 4.79 Å². The van der Waals surface area contributed by atoms with E-state index in [4.69, 9.17) is 0 Å². The van der Waals surface area contributed by atoms with Crippen molar-refractivity contribution < 1.29 is 4.79 Å². The molecule has 0 aliphatic rings. The standard InChI is InChI=1S/C15H10N2OS/c1-9(18)17-15-12(8-16)14-11-5-3-2-4-10(11)6-7-13(14)19-15/h2-7H,1H3,(H,17,18). The SMILES string of the molecule is CC(=O)Nc1sc2ccc3ccccc3c2c1C#N. The number of rotatable bonds is 1. The molecule has 0 saturated heterocycles. The van der Waals surface area contributed by atoms with Crippen molar-refractivity contribution in [3.63, 3.8) is 0 Å². The highest BCUT2D eigenvalue weighted by molar-refractivity contribution is 7.23. The number of hydrogen-bond donors (Lipinski definition) is 1. The number of hydrogen-bond acceptors (Lipinski definition) is 3. The first kappa shape index (κ1) is 11.7. The van der Waals surface area contributed by atoms with E-state index in [-0.39, 0.29) is 5.91 Å². The number of nitrogens with zero attached hydrogens (tertiary/aromatic N) is 1. The zero-order valence-electron chi connectivity index (χ0n) is 10.2. The number of thiophene rings is 1. The molecule has 0 fully saturated rings. The van der Waals surface area contributed by atoms with Crippen LogP contribution in [0.2, 0.25) is 0 Å². The zero-order valence-corrected chi connectivity index (χ0v) is 11.0. The van der Waals surface area contributed by atoms with E-state index in [1.165, 1.54) is 18.3 Å². The number of amides is 1. The average Bonchev–Trinajstić information content (AvgIpc) is 2.75. The molecule has 0 spiro atoms. The van der Waals surface area contributed by atoms with E-state index in [9.17, 15) is 10.1 Å². The first-order valence-electron chi connectivity index (χ1n) is 5.82. The van der Waals surface area contributed by atoms with Gasteiger partial charge in [-0.25, -0.2) is 0 Å². The Morgan fingerprint density at radius 2 is 2.05 bits per heavy atom. The van der Waals surface area contributed by atoms with Crippen LogP contribution in [-0.2, 0) is 4.79 Å². The van der Waals surface area contributed by atoms with E-state index in [2.05, 4.69) is 11.4 Å². The van der Waals surface area contributed by atoms with Crippen LogP contribution in [0.25, 0.3) is 20.9 Å². The van der Waals surface area contributed by atoms with Crippen LogP contribution in [0.15, 0.2) is 36.4 Å². The lowest BCUT2D eigenvalue weighted by molar-refractivity contribution is -0.114. The predicted molar refractivity (Wildman–Crippen MR) is 78.3 cm³/mol. The highest BCUT2D eigenvalue weighted by Crippen LogP contribution is 2.39. The van der Waals surface area contributed by atoms with Gasteiger partial charge in [-0.05, 0) is 16.8 Å². The van der Waals surface area contributed by atoms with E-state index in [0.717, 1.165) is 20.9 Å². The van der Waals surface area contributed by atoms with Gasteiger partial charge in [0.05, 0.1) is 5.56 Å². The molecule has 92 valence electrons. The Morgan fingerprint density at radius 1 is 1.26 bits per heavy atom. The maximum absolute atomic E-state index is 11.2. The molecule has 0 aliphatic heterocycles. The van der Waals surface area contributed by atoms with Crippen molar-refractivity contribution in [2.45, 2.75) is 6.92 Å². The Labute approximate surface area is 114 Å². The molecule has 1 aromatic heterocycles. The van der Waals surface area contributed by atoms with Gasteiger partial charge in [0.25, 0.3) is 0 Å². The van der Waals surface area contributed by atoms with Crippen LogP contribution in [-0.4, -0.2) is 5.91 Å². The molecule has 1 N–H and O–H groups in total. The molecule has 1 amide bonds. The van der Waals surface area contributed by atoms with Gasteiger partial charge in [-0.2, -0.15) is 5.26 Å². The van der Waals surface area contributed by atoms with Crippen molar-refractivity contribution in [2.24, 2.45) is 0 Å². The third-order valence-electron chi connectivity index (χ3n) is 2.98. The van der Waals surface area contributed by atoms with Crippen molar-refractivity contribution in [1.29, 1.82) is 5.26 Å². The first-order chi connectivity index (χ1) is 9.20. The van der Waals surface area contributed by atoms with Crippen LogP contribution < -0.4 is 5.32 Å². The molecule has 3 nitrogen and oxygen atoms in total. The fourth-order valence-corrected chi connectivity index (χ4v) is 3.34. The Morgan fingerprint density at radius 3 is 2.79 bits per heavy atom. The van der Waals surface area contributed by atoms with Gasteiger partial charge >= 0.3 is 0 Å². The van der Waals surface area contributed by atoms with Crippen LogP contribution in [0.1, 0.15) is 12.5 Å². The van der Waals surface area contributed by atoms with Crippen molar-refractivity contribution in [3.8, 4) is 6.07 Å². The first-order valence-corrected chi connectivity index (χ1v) is 6.64. The van der Waals surface area contributed by atoms with Crippen molar-refractivity contribution in [3.05, 3.63) is 42.0 Å². The molecule has 3 aromatic rings.